The van der Waals surface area contributed by atoms with Crippen LogP contribution >= 0.6 is 11.8 Å². The quantitative estimate of drug-likeness (QED) is 0.633. The summed E-state index contributed by atoms with van der Waals surface area (Å²) in [4.78, 5) is 23.4. The van der Waals surface area contributed by atoms with Crippen LogP contribution < -0.4 is 11.1 Å². The number of nitrogens with one attached hydrogen (secondary N) is 1. The molecular formula is C17H18N2O2S. The second-order valence-electron chi connectivity index (χ2n) is 4.78. The van der Waals surface area contributed by atoms with Gasteiger partial charge in [-0.05, 0) is 24.9 Å². The highest BCUT2D eigenvalue weighted by molar-refractivity contribution is 8.00. The molecule has 0 fully saturated rings. The molecular weight excluding hydrogens is 296 g/mol. The van der Waals surface area contributed by atoms with E-state index in [-0.39, 0.29) is 5.78 Å². The summed E-state index contributed by atoms with van der Waals surface area (Å²) in [5.41, 5.74) is 7.35. The number of hydrogen-bond donors (Lipinski definition) is 2. The van der Waals surface area contributed by atoms with E-state index in [1.165, 1.54) is 11.8 Å². The maximum atomic E-state index is 12.5. The second kappa shape index (κ2) is 6.77. The molecule has 0 heterocycles. The number of benzene rings is 2. The number of hydrogen-bond acceptors (Lipinski definition) is 4. The molecule has 0 bridgehead atoms. The number of carbonyl (C=O) groups excluding carboxylic acids is 2. The van der Waals surface area contributed by atoms with E-state index in [4.69, 9.17) is 5.73 Å². The molecule has 2 rings (SSSR count). The van der Waals surface area contributed by atoms with Gasteiger partial charge in [-0.1, -0.05) is 48.5 Å². The van der Waals surface area contributed by atoms with Crippen molar-refractivity contribution in [1.82, 2.24) is 5.32 Å². The Morgan fingerprint density at radius 3 is 2.23 bits per heavy atom. The van der Waals surface area contributed by atoms with E-state index in [1.807, 2.05) is 18.2 Å². The Balaban J connectivity index is 2.46. The van der Waals surface area contributed by atoms with Crippen LogP contribution in [0.15, 0.2) is 54.6 Å². The normalized spacial score (nSPS) is 13.4. The van der Waals surface area contributed by atoms with Gasteiger partial charge in [-0.2, -0.15) is 0 Å². The summed E-state index contributed by atoms with van der Waals surface area (Å²) in [6.45, 7) is 0. The van der Waals surface area contributed by atoms with E-state index in [0.29, 0.717) is 16.7 Å². The summed E-state index contributed by atoms with van der Waals surface area (Å²) in [5, 5.41) is 2.96. The first kappa shape index (κ1) is 16.3. The second-order valence-corrected chi connectivity index (χ2v) is 5.80. The number of amides is 1. The van der Waals surface area contributed by atoms with Crippen molar-refractivity contribution in [3.8, 4) is 0 Å². The molecule has 2 aromatic rings. The van der Waals surface area contributed by atoms with Gasteiger partial charge >= 0.3 is 0 Å². The highest BCUT2D eigenvalue weighted by atomic mass is 32.2. The summed E-state index contributed by atoms with van der Waals surface area (Å²) in [5.74, 6) is -0.579. The number of thioether (sulfide) groups is 1. The number of primary amides is 1. The summed E-state index contributed by atoms with van der Waals surface area (Å²) < 4.78 is 0. The van der Waals surface area contributed by atoms with Gasteiger partial charge in [0, 0.05) is 11.1 Å². The van der Waals surface area contributed by atoms with E-state index in [2.05, 4.69) is 5.32 Å². The fourth-order valence-corrected chi connectivity index (χ4v) is 3.13. The summed E-state index contributed by atoms with van der Waals surface area (Å²) in [7, 11) is 1.67. The summed E-state index contributed by atoms with van der Waals surface area (Å²) in [6, 6.07) is 16.0. The van der Waals surface area contributed by atoms with Crippen LogP contribution in [-0.4, -0.2) is 25.0 Å². The van der Waals surface area contributed by atoms with Crippen molar-refractivity contribution in [2.24, 2.45) is 5.73 Å². The minimum atomic E-state index is -1.05. The van der Waals surface area contributed by atoms with Crippen LogP contribution in [0.3, 0.4) is 0 Å². The largest absolute Gasteiger partial charge is 0.367 e. The Labute approximate surface area is 134 Å². The third kappa shape index (κ3) is 2.91. The Hall–Kier alpha value is -2.11. The molecule has 0 saturated heterocycles. The van der Waals surface area contributed by atoms with Crippen LogP contribution in [0, 0.1) is 0 Å². The Bertz CT molecular complexity index is 682. The number of likely N-dealkylation sites (N-methyl/N-ethyl adjacent to an activating group) is 1. The number of nitrogens with two attached hydrogens (primary N) is 1. The molecule has 0 aliphatic rings. The molecule has 5 heteroatoms. The molecule has 114 valence electrons. The lowest BCUT2D eigenvalue weighted by molar-refractivity contribution is -0.121. The molecule has 3 N–H and O–H groups in total. The van der Waals surface area contributed by atoms with Crippen LogP contribution in [-0.2, 0) is 9.67 Å². The maximum absolute atomic E-state index is 12.5. The van der Waals surface area contributed by atoms with Gasteiger partial charge < -0.3 is 5.73 Å². The van der Waals surface area contributed by atoms with Gasteiger partial charge in [-0.25, -0.2) is 0 Å². The van der Waals surface area contributed by atoms with Gasteiger partial charge in [0.25, 0.3) is 5.91 Å². The SMILES string of the molecule is CNC(SC)(C(N)=O)c1cccc(C(=O)c2ccccc2)c1. The van der Waals surface area contributed by atoms with E-state index < -0.39 is 10.8 Å². The smallest absolute Gasteiger partial charge is 0.252 e. The lowest BCUT2D eigenvalue weighted by atomic mass is 9.98. The van der Waals surface area contributed by atoms with E-state index in [1.54, 1.807) is 49.7 Å². The monoisotopic (exact) mass is 314 g/mol. The maximum Gasteiger partial charge on any atom is 0.252 e. The Kier molecular flexibility index (Phi) is 5.00. The summed E-state index contributed by atoms with van der Waals surface area (Å²) >= 11 is 1.30. The van der Waals surface area contributed by atoms with Crippen LogP contribution in [0.2, 0.25) is 0 Å². The van der Waals surface area contributed by atoms with Crippen LogP contribution in [0.1, 0.15) is 21.5 Å². The van der Waals surface area contributed by atoms with Gasteiger partial charge in [0.2, 0.25) is 0 Å². The van der Waals surface area contributed by atoms with Crippen molar-refractivity contribution in [3.05, 3.63) is 71.3 Å². The van der Waals surface area contributed by atoms with Gasteiger partial charge in [-0.15, -0.1) is 11.8 Å². The average molecular weight is 314 g/mol. The number of carbonyl (C=O) groups is 2. The first-order valence-corrected chi connectivity index (χ1v) is 8.02. The van der Waals surface area contributed by atoms with Crippen LogP contribution in [0.4, 0.5) is 0 Å². The van der Waals surface area contributed by atoms with Crippen molar-refractivity contribution < 1.29 is 9.59 Å². The minimum absolute atomic E-state index is 0.0852. The minimum Gasteiger partial charge on any atom is -0.367 e. The topological polar surface area (TPSA) is 72.2 Å². The van der Waals surface area contributed by atoms with Crippen molar-refractivity contribution in [2.75, 3.05) is 13.3 Å². The third-order valence-electron chi connectivity index (χ3n) is 3.57. The molecule has 0 aliphatic heterocycles. The molecule has 4 nitrogen and oxygen atoms in total. The van der Waals surface area contributed by atoms with E-state index in [9.17, 15) is 9.59 Å². The van der Waals surface area contributed by atoms with E-state index >= 15 is 0 Å². The standard InChI is InChI=1S/C17H18N2O2S/c1-19-17(22-2,16(18)21)14-10-6-9-13(11-14)15(20)12-7-4-3-5-8-12/h3-11,19H,1-2H3,(H2,18,21). The zero-order valence-corrected chi connectivity index (χ0v) is 13.3. The van der Waals surface area contributed by atoms with Crippen LogP contribution in [0.25, 0.3) is 0 Å². The number of rotatable bonds is 6. The molecule has 0 aromatic heterocycles. The predicted octanol–water partition coefficient (Wildman–Crippen LogP) is 2.14. The highest BCUT2D eigenvalue weighted by Crippen LogP contribution is 2.32. The lowest BCUT2D eigenvalue weighted by Crippen LogP contribution is -2.48. The van der Waals surface area contributed by atoms with Crippen molar-refractivity contribution in [1.29, 1.82) is 0 Å². The molecule has 1 unspecified atom stereocenters. The molecule has 1 atom stereocenters. The average Bonchev–Trinajstić information content (AvgIpc) is 2.56. The third-order valence-corrected chi connectivity index (χ3v) is 4.83. The molecule has 0 saturated carbocycles. The molecule has 0 aliphatic carbocycles. The van der Waals surface area contributed by atoms with Crippen molar-refractivity contribution >= 4 is 23.5 Å². The molecule has 1 amide bonds. The fourth-order valence-electron chi connectivity index (χ4n) is 2.37. The predicted molar refractivity (Wildman–Crippen MR) is 89.8 cm³/mol. The van der Waals surface area contributed by atoms with Gasteiger partial charge in [-0.3, -0.25) is 14.9 Å². The Morgan fingerprint density at radius 1 is 1.05 bits per heavy atom. The fraction of sp³-hybridized carbons (Fsp3) is 0.176. The molecule has 0 radical (unpaired) electrons. The van der Waals surface area contributed by atoms with Crippen molar-refractivity contribution in [3.63, 3.8) is 0 Å². The van der Waals surface area contributed by atoms with E-state index in [0.717, 1.165) is 0 Å². The molecule has 2 aromatic carbocycles. The summed E-state index contributed by atoms with van der Waals surface area (Å²) in [6.07, 6.45) is 1.80. The zero-order valence-electron chi connectivity index (χ0n) is 12.5. The van der Waals surface area contributed by atoms with Gasteiger partial charge in [0.1, 0.15) is 0 Å². The van der Waals surface area contributed by atoms with Crippen molar-refractivity contribution in [2.45, 2.75) is 4.87 Å². The first-order valence-electron chi connectivity index (χ1n) is 6.79. The highest BCUT2D eigenvalue weighted by Gasteiger charge is 2.36. The Morgan fingerprint density at radius 2 is 1.68 bits per heavy atom. The zero-order chi connectivity index (χ0) is 16.2. The molecule has 0 spiro atoms. The number of ketones is 1. The van der Waals surface area contributed by atoms with Gasteiger partial charge in [0.15, 0.2) is 10.7 Å². The first-order chi connectivity index (χ1) is 10.5. The van der Waals surface area contributed by atoms with Crippen LogP contribution in [0.5, 0.6) is 0 Å². The van der Waals surface area contributed by atoms with Gasteiger partial charge in [0.05, 0.1) is 0 Å². The molecule has 22 heavy (non-hydrogen) atoms. The lowest BCUT2D eigenvalue weighted by Gasteiger charge is -2.28.